The van der Waals surface area contributed by atoms with Crippen molar-refractivity contribution in [2.75, 3.05) is 12.4 Å². The average molecular weight is 395 g/mol. The molecule has 4 aromatic rings. The Hall–Kier alpha value is -3.55. The highest BCUT2D eigenvalue weighted by atomic mass is 19.2. The van der Waals surface area contributed by atoms with Crippen LogP contribution in [0.15, 0.2) is 49.1 Å². The number of nitrogens with one attached hydrogen (secondary N) is 1. The van der Waals surface area contributed by atoms with E-state index < -0.39 is 11.6 Å². The maximum absolute atomic E-state index is 14.0. The van der Waals surface area contributed by atoms with Crippen molar-refractivity contribution >= 4 is 22.5 Å². The van der Waals surface area contributed by atoms with Crippen LogP contribution in [0.4, 0.5) is 20.4 Å². The zero-order chi connectivity index (χ0) is 20.5. The van der Waals surface area contributed by atoms with Crippen LogP contribution >= 0.6 is 0 Å². The van der Waals surface area contributed by atoms with Gasteiger partial charge in [-0.25, -0.2) is 14.4 Å². The summed E-state index contributed by atoms with van der Waals surface area (Å²) >= 11 is 0. The summed E-state index contributed by atoms with van der Waals surface area (Å²) < 4.78 is 34.6. The van der Waals surface area contributed by atoms with Crippen LogP contribution in [0, 0.1) is 11.6 Å². The number of hydrogen-bond acceptors (Lipinski definition) is 5. The molecule has 3 aromatic heterocycles. The van der Waals surface area contributed by atoms with Gasteiger partial charge in [0.1, 0.15) is 0 Å². The van der Waals surface area contributed by atoms with Gasteiger partial charge in [0.25, 0.3) is 0 Å². The SMILES string of the molecule is COc1c(Nc2nccc(-c3cn(C(C)C)c4cnccc34)n2)ccc(F)c1F. The third-order valence-corrected chi connectivity index (χ3v) is 4.63. The molecule has 0 aliphatic rings. The molecular weight excluding hydrogens is 376 g/mol. The van der Waals surface area contributed by atoms with E-state index in [1.54, 1.807) is 18.5 Å². The number of pyridine rings is 1. The maximum atomic E-state index is 14.0. The standard InChI is InChI=1S/C21H19F2N5O/c1-12(2)28-11-14(13-6-8-24-10-18(13)28)16-7-9-25-21(26-16)27-17-5-4-15(22)19(23)20(17)29-3/h4-12H,1-3H3,(H,25,26,27). The predicted molar refractivity (Wildman–Crippen MR) is 107 cm³/mol. The molecule has 0 radical (unpaired) electrons. The van der Waals surface area contributed by atoms with Crippen molar-refractivity contribution in [3.8, 4) is 17.0 Å². The van der Waals surface area contributed by atoms with Crippen LogP contribution in [0.3, 0.4) is 0 Å². The number of nitrogens with zero attached hydrogens (tertiary/aromatic N) is 4. The van der Waals surface area contributed by atoms with Gasteiger partial charge in [-0.3, -0.25) is 4.98 Å². The van der Waals surface area contributed by atoms with E-state index in [1.165, 1.54) is 13.2 Å². The fourth-order valence-corrected chi connectivity index (χ4v) is 3.25. The molecule has 29 heavy (non-hydrogen) atoms. The van der Waals surface area contributed by atoms with E-state index in [0.29, 0.717) is 5.69 Å². The third kappa shape index (κ3) is 3.37. The van der Waals surface area contributed by atoms with Gasteiger partial charge in [0, 0.05) is 35.6 Å². The summed E-state index contributed by atoms with van der Waals surface area (Å²) in [5, 5.41) is 3.92. The zero-order valence-electron chi connectivity index (χ0n) is 16.1. The van der Waals surface area contributed by atoms with Crippen molar-refractivity contribution in [3.05, 3.63) is 60.7 Å². The minimum atomic E-state index is -1.07. The molecule has 0 unspecified atom stereocenters. The number of halogens is 2. The van der Waals surface area contributed by atoms with E-state index in [0.717, 1.165) is 22.5 Å². The normalized spacial score (nSPS) is 11.2. The van der Waals surface area contributed by atoms with Crippen molar-refractivity contribution in [2.24, 2.45) is 0 Å². The van der Waals surface area contributed by atoms with Crippen LogP contribution in [0.2, 0.25) is 0 Å². The van der Waals surface area contributed by atoms with E-state index in [9.17, 15) is 8.78 Å². The number of benzene rings is 1. The molecule has 1 N–H and O–H groups in total. The number of ether oxygens (including phenoxy) is 1. The van der Waals surface area contributed by atoms with Gasteiger partial charge in [0.15, 0.2) is 11.6 Å². The second kappa shape index (κ2) is 7.46. The Kier molecular flexibility index (Phi) is 4.84. The Morgan fingerprint density at radius 3 is 2.69 bits per heavy atom. The molecule has 8 heteroatoms. The molecule has 0 aliphatic carbocycles. The van der Waals surface area contributed by atoms with E-state index in [-0.39, 0.29) is 23.4 Å². The van der Waals surface area contributed by atoms with Crippen molar-refractivity contribution < 1.29 is 13.5 Å². The van der Waals surface area contributed by atoms with Gasteiger partial charge < -0.3 is 14.6 Å². The minimum absolute atomic E-state index is 0.234. The first-order chi connectivity index (χ1) is 14.0. The van der Waals surface area contributed by atoms with Crippen LogP contribution < -0.4 is 10.1 Å². The van der Waals surface area contributed by atoms with Crippen LogP contribution in [0.1, 0.15) is 19.9 Å². The average Bonchev–Trinajstić information content (AvgIpc) is 3.11. The molecule has 0 saturated carbocycles. The fourth-order valence-electron chi connectivity index (χ4n) is 3.25. The smallest absolute Gasteiger partial charge is 0.227 e. The number of hydrogen-bond donors (Lipinski definition) is 1. The van der Waals surface area contributed by atoms with Gasteiger partial charge in [-0.1, -0.05) is 0 Å². The highest BCUT2D eigenvalue weighted by Crippen LogP contribution is 2.33. The molecule has 0 spiro atoms. The van der Waals surface area contributed by atoms with E-state index in [1.807, 2.05) is 18.5 Å². The molecule has 6 nitrogen and oxygen atoms in total. The number of methoxy groups -OCH3 is 1. The second-order valence-electron chi connectivity index (χ2n) is 6.77. The van der Waals surface area contributed by atoms with E-state index >= 15 is 0 Å². The molecule has 0 bridgehead atoms. The van der Waals surface area contributed by atoms with Gasteiger partial charge in [0.05, 0.1) is 30.2 Å². The lowest BCUT2D eigenvalue weighted by Gasteiger charge is -2.11. The molecule has 1 aromatic carbocycles. The van der Waals surface area contributed by atoms with Crippen molar-refractivity contribution in [2.45, 2.75) is 19.9 Å². The number of anilines is 2. The van der Waals surface area contributed by atoms with Gasteiger partial charge in [-0.15, -0.1) is 0 Å². The second-order valence-corrected chi connectivity index (χ2v) is 6.77. The Bertz CT molecular complexity index is 1190. The summed E-state index contributed by atoms with van der Waals surface area (Å²) in [6.45, 7) is 4.19. The first kappa shape index (κ1) is 18.8. The Morgan fingerprint density at radius 1 is 1.10 bits per heavy atom. The van der Waals surface area contributed by atoms with Gasteiger partial charge in [0.2, 0.25) is 11.8 Å². The van der Waals surface area contributed by atoms with Crippen molar-refractivity contribution in [3.63, 3.8) is 0 Å². The molecule has 4 rings (SSSR count). The monoisotopic (exact) mass is 395 g/mol. The summed E-state index contributed by atoms with van der Waals surface area (Å²) in [6.07, 6.45) is 7.20. The van der Waals surface area contributed by atoms with Crippen LogP contribution in [-0.2, 0) is 0 Å². The third-order valence-electron chi connectivity index (χ3n) is 4.63. The summed E-state index contributed by atoms with van der Waals surface area (Å²) in [6, 6.07) is 6.39. The van der Waals surface area contributed by atoms with E-state index in [2.05, 4.69) is 38.7 Å². The summed E-state index contributed by atoms with van der Waals surface area (Å²) in [7, 11) is 1.27. The van der Waals surface area contributed by atoms with Gasteiger partial charge >= 0.3 is 0 Å². The van der Waals surface area contributed by atoms with Crippen LogP contribution in [0.25, 0.3) is 22.2 Å². The van der Waals surface area contributed by atoms with Crippen molar-refractivity contribution in [1.29, 1.82) is 0 Å². The first-order valence-electron chi connectivity index (χ1n) is 9.06. The molecule has 0 amide bonds. The summed E-state index contributed by atoms with van der Waals surface area (Å²) in [5.41, 5.74) is 2.86. The Labute approximate surface area is 166 Å². The largest absolute Gasteiger partial charge is 0.491 e. The highest BCUT2D eigenvalue weighted by Gasteiger charge is 2.17. The lowest BCUT2D eigenvalue weighted by molar-refractivity contribution is 0.374. The highest BCUT2D eigenvalue weighted by molar-refractivity contribution is 5.94. The lowest BCUT2D eigenvalue weighted by atomic mass is 10.1. The van der Waals surface area contributed by atoms with Gasteiger partial charge in [-0.05, 0) is 38.1 Å². The van der Waals surface area contributed by atoms with Crippen molar-refractivity contribution in [1.82, 2.24) is 19.5 Å². The predicted octanol–water partition coefficient (Wildman–Crippen LogP) is 5.10. The Balaban J connectivity index is 1.76. The Morgan fingerprint density at radius 2 is 1.93 bits per heavy atom. The number of rotatable bonds is 5. The molecule has 0 atom stereocenters. The van der Waals surface area contributed by atoms with Gasteiger partial charge in [-0.2, -0.15) is 4.39 Å². The number of fused-ring (bicyclic) bond motifs is 1. The van der Waals surface area contributed by atoms with Crippen LogP contribution in [0.5, 0.6) is 5.75 Å². The summed E-state index contributed by atoms with van der Waals surface area (Å²) in [4.78, 5) is 13.0. The summed E-state index contributed by atoms with van der Waals surface area (Å²) in [5.74, 6) is -2.05. The molecule has 0 saturated heterocycles. The van der Waals surface area contributed by atoms with Crippen LogP contribution in [-0.4, -0.2) is 26.6 Å². The maximum Gasteiger partial charge on any atom is 0.227 e. The quantitative estimate of drug-likeness (QED) is 0.509. The first-order valence-corrected chi connectivity index (χ1v) is 9.06. The molecule has 0 fully saturated rings. The zero-order valence-corrected chi connectivity index (χ0v) is 16.1. The molecule has 3 heterocycles. The fraction of sp³-hybridized carbons (Fsp3) is 0.190. The molecular formula is C21H19F2N5O. The lowest BCUT2D eigenvalue weighted by Crippen LogP contribution is -2.02. The molecule has 148 valence electrons. The van der Waals surface area contributed by atoms with E-state index in [4.69, 9.17) is 4.74 Å². The molecule has 0 aliphatic heterocycles. The number of aromatic nitrogens is 4. The topological polar surface area (TPSA) is 64.9 Å². The minimum Gasteiger partial charge on any atom is -0.491 e.